The fraction of sp³-hybridized carbons (Fsp3) is 0.0455. The highest BCUT2D eigenvalue weighted by Gasteiger charge is 2.17. The van der Waals surface area contributed by atoms with Crippen LogP contribution in [0.1, 0.15) is 15.9 Å². The number of nitrogens with zero attached hydrogens (tertiary/aromatic N) is 2. The molecule has 1 N–H and O–H groups in total. The van der Waals surface area contributed by atoms with E-state index in [1.54, 1.807) is 30.3 Å². The van der Waals surface area contributed by atoms with Crippen LogP contribution in [0, 0.1) is 12.7 Å². The van der Waals surface area contributed by atoms with Gasteiger partial charge in [-0.15, -0.1) is 0 Å². The van der Waals surface area contributed by atoms with Crippen LogP contribution in [0.4, 0.5) is 10.1 Å². The van der Waals surface area contributed by atoms with E-state index >= 15 is 0 Å². The van der Waals surface area contributed by atoms with Crippen molar-refractivity contribution in [3.05, 3.63) is 89.7 Å². The van der Waals surface area contributed by atoms with E-state index in [0.717, 1.165) is 11.1 Å². The molecule has 4 rings (SSSR count). The molecule has 5 nitrogen and oxygen atoms in total. The molecule has 0 saturated carbocycles. The Morgan fingerprint density at radius 1 is 0.964 bits per heavy atom. The first-order valence-corrected chi connectivity index (χ1v) is 8.68. The molecule has 0 aliphatic heterocycles. The van der Waals surface area contributed by atoms with E-state index in [1.165, 1.54) is 18.2 Å². The van der Waals surface area contributed by atoms with Crippen LogP contribution in [0.3, 0.4) is 0 Å². The molecule has 0 aliphatic rings. The summed E-state index contributed by atoms with van der Waals surface area (Å²) >= 11 is 0. The molecule has 0 unspecified atom stereocenters. The second-order valence-electron chi connectivity index (χ2n) is 6.27. The highest BCUT2D eigenvalue weighted by molar-refractivity contribution is 6.06. The van der Waals surface area contributed by atoms with Crippen LogP contribution < -0.4 is 5.32 Å². The maximum Gasteiger partial charge on any atom is 0.260 e. The van der Waals surface area contributed by atoms with Crippen molar-refractivity contribution in [2.75, 3.05) is 5.32 Å². The number of carbonyl (C=O) groups is 1. The minimum absolute atomic E-state index is 0.0387. The molecule has 4 aromatic rings. The summed E-state index contributed by atoms with van der Waals surface area (Å²) in [6.45, 7) is 2.00. The van der Waals surface area contributed by atoms with Gasteiger partial charge in [-0.1, -0.05) is 59.3 Å². The molecule has 0 aliphatic carbocycles. The number of benzene rings is 3. The van der Waals surface area contributed by atoms with Crippen LogP contribution in [-0.2, 0) is 0 Å². The zero-order chi connectivity index (χ0) is 19.5. The molecule has 1 amide bonds. The van der Waals surface area contributed by atoms with E-state index in [0.29, 0.717) is 17.1 Å². The summed E-state index contributed by atoms with van der Waals surface area (Å²) < 4.78 is 19.3. The predicted molar refractivity (Wildman–Crippen MR) is 104 cm³/mol. The van der Waals surface area contributed by atoms with Crippen molar-refractivity contribution in [2.24, 2.45) is 0 Å². The summed E-state index contributed by atoms with van der Waals surface area (Å²) in [4.78, 5) is 16.9. The highest BCUT2D eigenvalue weighted by atomic mass is 19.1. The average Bonchev–Trinajstić information content (AvgIpc) is 3.19. The lowest BCUT2D eigenvalue weighted by atomic mass is 10.1. The Morgan fingerprint density at radius 3 is 2.46 bits per heavy atom. The van der Waals surface area contributed by atoms with E-state index in [4.69, 9.17) is 4.52 Å². The number of hydrogen-bond donors (Lipinski definition) is 1. The van der Waals surface area contributed by atoms with Gasteiger partial charge in [0.1, 0.15) is 5.82 Å². The third kappa shape index (κ3) is 3.53. The van der Waals surface area contributed by atoms with Crippen LogP contribution >= 0.6 is 0 Å². The van der Waals surface area contributed by atoms with Gasteiger partial charge >= 0.3 is 0 Å². The van der Waals surface area contributed by atoms with Gasteiger partial charge in [0.15, 0.2) is 0 Å². The topological polar surface area (TPSA) is 68.0 Å². The monoisotopic (exact) mass is 373 g/mol. The summed E-state index contributed by atoms with van der Waals surface area (Å²) in [5.41, 5.74) is 2.93. The second kappa shape index (κ2) is 7.44. The third-order valence-corrected chi connectivity index (χ3v) is 4.26. The van der Waals surface area contributed by atoms with Crippen molar-refractivity contribution in [3.63, 3.8) is 0 Å². The number of hydrogen-bond acceptors (Lipinski definition) is 4. The van der Waals surface area contributed by atoms with E-state index in [-0.39, 0.29) is 11.5 Å². The quantitative estimate of drug-likeness (QED) is 0.540. The van der Waals surface area contributed by atoms with Crippen LogP contribution in [0.15, 0.2) is 77.3 Å². The molecular weight excluding hydrogens is 357 g/mol. The number of aromatic nitrogens is 2. The normalized spacial score (nSPS) is 10.6. The maximum atomic E-state index is 13.9. The largest absolute Gasteiger partial charge is 0.334 e. The molecule has 0 fully saturated rings. The van der Waals surface area contributed by atoms with Crippen molar-refractivity contribution >= 4 is 11.6 Å². The third-order valence-electron chi connectivity index (χ3n) is 4.26. The predicted octanol–water partition coefficient (Wildman–Crippen LogP) is 5.10. The lowest BCUT2D eigenvalue weighted by Gasteiger charge is -2.09. The van der Waals surface area contributed by atoms with Gasteiger partial charge in [0.05, 0.1) is 16.8 Å². The smallest absolute Gasteiger partial charge is 0.260 e. The minimum atomic E-state index is -0.586. The molecular formula is C22H16FN3O2. The Morgan fingerprint density at radius 2 is 1.68 bits per heavy atom. The van der Waals surface area contributed by atoms with Crippen molar-refractivity contribution < 1.29 is 13.7 Å². The summed E-state index contributed by atoms with van der Waals surface area (Å²) in [5.74, 6) is -0.425. The van der Waals surface area contributed by atoms with Gasteiger partial charge in [-0.05, 0) is 31.2 Å². The van der Waals surface area contributed by atoms with Crippen molar-refractivity contribution in [1.82, 2.24) is 10.1 Å². The summed E-state index contributed by atoms with van der Waals surface area (Å²) in [6.07, 6.45) is 0. The summed E-state index contributed by atoms with van der Waals surface area (Å²) in [5, 5.41) is 6.74. The van der Waals surface area contributed by atoms with Gasteiger partial charge in [-0.2, -0.15) is 4.98 Å². The number of anilines is 1. The molecule has 0 atom stereocenters. The fourth-order valence-electron chi connectivity index (χ4n) is 2.77. The van der Waals surface area contributed by atoms with Crippen molar-refractivity contribution in [2.45, 2.75) is 6.92 Å². The average molecular weight is 373 g/mol. The van der Waals surface area contributed by atoms with Crippen molar-refractivity contribution in [1.29, 1.82) is 0 Å². The maximum absolute atomic E-state index is 13.9. The molecule has 3 aromatic carbocycles. The van der Waals surface area contributed by atoms with Gasteiger partial charge < -0.3 is 9.84 Å². The standard InChI is InChI=1S/C22H16FN3O2/c1-14-10-12-15(13-11-14)20-25-22(28-26-20)17-7-3-5-9-19(17)24-21(27)16-6-2-4-8-18(16)23/h2-13H,1H3,(H,24,27). The Hall–Kier alpha value is -3.80. The number of nitrogens with one attached hydrogen (secondary N) is 1. The highest BCUT2D eigenvalue weighted by Crippen LogP contribution is 2.29. The zero-order valence-corrected chi connectivity index (χ0v) is 15.0. The summed E-state index contributed by atoms with van der Waals surface area (Å²) in [7, 11) is 0. The Balaban J connectivity index is 1.64. The van der Waals surface area contributed by atoms with E-state index in [1.807, 2.05) is 31.2 Å². The fourth-order valence-corrected chi connectivity index (χ4v) is 2.77. The van der Waals surface area contributed by atoms with Gasteiger partial charge in [-0.25, -0.2) is 4.39 Å². The van der Waals surface area contributed by atoms with Crippen LogP contribution in [0.25, 0.3) is 22.8 Å². The van der Waals surface area contributed by atoms with Gasteiger partial charge in [-0.3, -0.25) is 4.79 Å². The molecule has 138 valence electrons. The van der Waals surface area contributed by atoms with E-state index < -0.39 is 11.7 Å². The summed E-state index contributed by atoms with van der Waals surface area (Å²) in [6, 6.07) is 20.6. The van der Waals surface area contributed by atoms with Crippen molar-refractivity contribution in [3.8, 4) is 22.8 Å². The molecule has 1 heterocycles. The second-order valence-corrected chi connectivity index (χ2v) is 6.27. The molecule has 0 radical (unpaired) electrons. The SMILES string of the molecule is Cc1ccc(-c2noc(-c3ccccc3NC(=O)c3ccccc3F)n2)cc1. The van der Waals surface area contributed by atoms with Crippen LogP contribution in [-0.4, -0.2) is 16.0 Å². The Bertz CT molecular complexity index is 1140. The molecule has 1 aromatic heterocycles. The zero-order valence-electron chi connectivity index (χ0n) is 15.0. The molecule has 0 saturated heterocycles. The number of halogens is 1. The molecule has 0 spiro atoms. The molecule has 6 heteroatoms. The van der Waals surface area contributed by atoms with E-state index in [2.05, 4.69) is 15.5 Å². The molecule has 28 heavy (non-hydrogen) atoms. The lowest BCUT2D eigenvalue weighted by Crippen LogP contribution is -2.14. The number of aryl methyl sites for hydroxylation is 1. The van der Waals surface area contributed by atoms with Gasteiger partial charge in [0.2, 0.25) is 5.82 Å². The molecule has 0 bridgehead atoms. The number of carbonyl (C=O) groups excluding carboxylic acids is 1. The lowest BCUT2D eigenvalue weighted by molar-refractivity contribution is 0.102. The first kappa shape index (κ1) is 17.6. The van der Waals surface area contributed by atoms with Gasteiger partial charge in [0, 0.05) is 5.56 Å². The Kier molecular flexibility index (Phi) is 4.68. The Labute approximate surface area is 160 Å². The minimum Gasteiger partial charge on any atom is -0.334 e. The van der Waals surface area contributed by atoms with Gasteiger partial charge in [0.25, 0.3) is 11.8 Å². The first-order valence-electron chi connectivity index (χ1n) is 8.68. The van der Waals surface area contributed by atoms with Crippen LogP contribution in [0.2, 0.25) is 0 Å². The van der Waals surface area contributed by atoms with E-state index in [9.17, 15) is 9.18 Å². The van der Waals surface area contributed by atoms with Crippen LogP contribution in [0.5, 0.6) is 0 Å². The first-order chi connectivity index (χ1) is 13.6. The number of rotatable bonds is 4. The number of para-hydroxylation sites is 1. The number of amides is 1.